The number of aryl methyl sites for hydroxylation is 2. The molecule has 25 heavy (non-hydrogen) atoms. The van der Waals surface area contributed by atoms with E-state index in [9.17, 15) is 0 Å². The molecular formula is C21H32N4. The van der Waals surface area contributed by atoms with Gasteiger partial charge in [-0.3, -0.25) is 9.97 Å². The Labute approximate surface area is 152 Å². The van der Waals surface area contributed by atoms with Crippen LogP contribution in [0.1, 0.15) is 60.7 Å². The van der Waals surface area contributed by atoms with Gasteiger partial charge in [0.1, 0.15) is 0 Å². The van der Waals surface area contributed by atoms with Crippen LogP contribution in [0.3, 0.4) is 0 Å². The fraction of sp³-hybridized carbons (Fsp3) is 0.524. The van der Waals surface area contributed by atoms with Crippen LogP contribution in [0.5, 0.6) is 0 Å². The van der Waals surface area contributed by atoms with Crippen molar-refractivity contribution in [1.29, 1.82) is 0 Å². The summed E-state index contributed by atoms with van der Waals surface area (Å²) in [4.78, 5) is 9.23. The predicted octanol–water partition coefficient (Wildman–Crippen LogP) is 3.66. The summed E-state index contributed by atoms with van der Waals surface area (Å²) in [6, 6.07) is 6.76. The van der Waals surface area contributed by atoms with Gasteiger partial charge in [-0.1, -0.05) is 26.0 Å². The lowest BCUT2D eigenvalue weighted by molar-refractivity contribution is 0.457. The van der Waals surface area contributed by atoms with E-state index in [4.69, 9.17) is 5.73 Å². The molecule has 1 unspecified atom stereocenters. The Morgan fingerprint density at radius 1 is 1.16 bits per heavy atom. The van der Waals surface area contributed by atoms with E-state index in [0.717, 1.165) is 38.0 Å². The second-order valence-electron chi connectivity index (χ2n) is 7.18. The standard InChI is InChI=1S/C21H32N4/c1-15(2)19-8-6-10-23-21(19)14-24-18(7-5-9-22)12-20-17(4)11-16(3)13-25-20/h6,8,10-11,13,15,18,24H,5,7,9,12,14,22H2,1-4H3. The number of rotatable bonds is 9. The van der Waals surface area contributed by atoms with Crippen LogP contribution in [-0.2, 0) is 13.0 Å². The number of hydrogen-bond donors (Lipinski definition) is 2. The van der Waals surface area contributed by atoms with Crippen molar-refractivity contribution >= 4 is 0 Å². The number of pyridine rings is 2. The average molecular weight is 341 g/mol. The normalized spacial score (nSPS) is 12.6. The van der Waals surface area contributed by atoms with Crippen LogP contribution in [0.2, 0.25) is 0 Å². The van der Waals surface area contributed by atoms with Crippen molar-refractivity contribution in [3.8, 4) is 0 Å². The van der Waals surface area contributed by atoms with Crippen LogP contribution >= 0.6 is 0 Å². The van der Waals surface area contributed by atoms with Gasteiger partial charge in [-0.25, -0.2) is 0 Å². The first kappa shape index (κ1) is 19.5. The molecule has 0 aromatic carbocycles. The molecule has 2 heterocycles. The molecule has 0 fully saturated rings. The third-order valence-electron chi connectivity index (χ3n) is 4.63. The van der Waals surface area contributed by atoms with Gasteiger partial charge in [0, 0.05) is 37.1 Å². The summed E-state index contributed by atoms with van der Waals surface area (Å²) in [5, 5.41) is 3.70. The van der Waals surface area contributed by atoms with E-state index >= 15 is 0 Å². The second kappa shape index (κ2) is 9.64. The van der Waals surface area contributed by atoms with Crippen molar-refractivity contribution in [2.24, 2.45) is 5.73 Å². The van der Waals surface area contributed by atoms with Gasteiger partial charge in [-0.2, -0.15) is 0 Å². The molecular weight excluding hydrogens is 308 g/mol. The summed E-state index contributed by atoms with van der Waals surface area (Å²) in [6.07, 6.45) is 6.83. The lowest BCUT2D eigenvalue weighted by Crippen LogP contribution is -2.32. The topological polar surface area (TPSA) is 63.8 Å². The average Bonchev–Trinajstić information content (AvgIpc) is 2.59. The Bertz CT molecular complexity index is 667. The third kappa shape index (κ3) is 5.91. The zero-order valence-electron chi connectivity index (χ0n) is 16.0. The van der Waals surface area contributed by atoms with Gasteiger partial charge in [0.25, 0.3) is 0 Å². The molecule has 0 aliphatic rings. The Kier molecular flexibility index (Phi) is 7.53. The van der Waals surface area contributed by atoms with Crippen molar-refractivity contribution in [2.45, 2.75) is 65.5 Å². The van der Waals surface area contributed by atoms with E-state index in [-0.39, 0.29) is 0 Å². The summed E-state index contributed by atoms with van der Waals surface area (Å²) in [5.41, 5.74) is 11.8. The molecule has 0 amide bonds. The Hall–Kier alpha value is -1.78. The largest absolute Gasteiger partial charge is 0.330 e. The highest BCUT2D eigenvalue weighted by molar-refractivity contribution is 5.25. The van der Waals surface area contributed by atoms with Crippen LogP contribution in [-0.4, -0.2) is 22.6 Å². The monoisotopic (exact) mass is 340 g/mol. The molecule has 0 aliphatic heterocycles. The van der Waals surface area contributed by atoms with E-state index in [1.54, 1.807) is 0 Å². The number of nitrogens with two attached hydrogens (primary N) is 1. The van der Waals surface area contributed by atoms with Gasteiger partial charge in [-0.05, 0) is 61.9 Å². The highest BCUT2D eigenvalue weighted by atomic mass is 14.9. The molecule has 0 radical (unpaired) electrons. The summed E-state index contributed by atoms with van der Waals surface area (Å²) >= 11 is 0. The maximum absolute atomic E-state index is 5.74. The number of nitrogens with zero attached hydrogens (tertiary/aromatic N) is 2. The maximum Gasteiger partial charge on any atom is 0.0576 e. The van der Waals surface area contributed by atoms with Gasteiger partial charge < -0.3 is 11.1 Å². The van der Waals surface area contributed by atoms with E-state index in [1.165, 1.54) is 22.4 Å². The van der Waals surface area contributed by atoms with Crippen LogP contribution < -0.4 is 11.1 Å². The number of hydrogen-bond acceptors (Lipinski definition) is 4. The van der Waals surface area contributed by atoms with Gasteiger partial charge >= 0.3 is 0 Å². The van der Waals surface area contributed by atoms with Crippen molar-refractivity contribution in [3.05, 3.63) is 58.7 Å². The molecule has 0 spiro atoms. The van der Waals surface area contributed by atoms with Gasteiger partial charge in [0.05, 0.1) is 5.69 Å². The fourth-order valence-electron chi connectivity index (χ4n) is 3.20. The van der Waals surface area contributed by atoms with Crippen LogP contribution in [0, 0.1) is 13.8 Å². The highest BCUT2D eigenvalue weighted by Crippen LogP contribution is 2.18. The molecule has 2 aromatic rings. The SMILES string of the molecule is Cc1cnc(CC(CCCN)NCc2ncccc2C(C)C)c(C)c1. The molecule has 0 saturated heterocycles. The van der Waals surface area contributed by atoms with Crippen LogP contribution in [0.15, 0.2) is 30.6 Å². The van der Waals surface area contributed by atoms with Gasteiger partial charge in [-0.15, -0.1) is 0 Å². The third-order valence-corrected chi connectivity index (χ3v) is 4.63. The van der Waals surface area contributed by atoms with Gasteiger partial charge in [0.2, 0.25) is 0 Å². The molecule has 4 heteroatoms. The summed E-state index contributed by atoms with van der Waals surface area (Å²) < 4.78 is 0. The molecule has 4 nitrogen and oxygen atoms in total. The van der Waals surface area contributed by atoms with Crippen LogP contribution in [0.4, 0.5) is 0 Å². The van der Waals surface area contributed by atoms with Crippen molar-refractivity contribution < 1.29 is 0 Å². The van der Waals surface area contributed by atoms with Crippen LogP contribution in [0.25, 0.3) is 0 Å². The molecule has 1 atom stereocenters. The highest BCUT2D eigenvalue weighted by Gasteiger charge is 2.14. The zero-order chi connectivity index (χ0) is 18.2. The zero-order valence-corrected chi connectivity index (χ0v) is 16.0. The quantitative estimate of drug-likeness (QED) is 0.731. The summed E-state index contributed by atoms with van der Waals surface area (Å²) in [6.45, 7) is 10.2. The minimum atomic E-state index is 0.361. The Balaban J connectivity index is 2.07. The molecule has 2 rings (SSSR count). The number of aromatic nitrogens is 2. The molecule has 136 valence electrons. The lowest BCUT2D eigenvalue weighted by atomic mass is 9.99. The minimum absolute atomic E-state index is 0.361. The molecule has 3 N–H and O–H groups in total. The van der Waals surface area contributed by atoms with E-state index < -0.39 is 0 Å². The van der Waals surface area contributed by atoms with E-state index in [1.807, 2.05) is 18.5 Å². The Morgan fingerprint density at radius 2 is 1.96 bits per heavy atom. The smallest absolute Gasteiger partial charge is 0.0576 e. The first-order valence-corrected chi connectivity index (χ1v) is 9.30. The first-order chi connectivity index (χ1) is 12.0. The molecule has 0 bridgehead atoms. The van der Waals surface area contributed by atoms with Crippen molar-refractivity contribution in [1.82, 2.24) is 15.3 Å². The van der Waals surface area contributed by atoms with E-state index in [0.29, 0.717) is 12.0 Å². The molecule has 0 aliphatic carbocycles. The second-order valence-corrected chi connectivity index (χ2v) is 7.18. The molecule has 2 aromatic heterocycles. The Morgan fingerprint density at radius 3 is 2.64 bits per heavy atom. The van der Waals surface area contributed by atoms with Gasteiger partial charge in [0.15, 0.2) is 0 Å². The first-order valence-electron chi connectivity index (χ1n) is 9.30. The maximum atomic E-state index is 5.74. The fourth-order valence-corrected chi connectivity index (χ4v) is 3.20. The van der Waals surface area contributed by atoms with E-state index in [2.05, 4.69) is 55.1 Å². The summed E-state index contributed by atoms with van der Waals surface area (Å²) in [7, 11) is 0. The summed E-state index contributed by atoms with van der Waals surface area (Å²) in [5.74, 6) is 0.481. The predicted molar refractivity (Wildman–Crippen MR) is 105 cm³/mol. The van der Waals surface area contributed by atoms with Crippen molar-refractivity contribution in [3.63, 3.8) is 0 Å². The lowest BCUT2D eigenvalue weighted by Gasteiger charge is -2.20. The minimum Gasteiger partial charge on any atom is -0.330 e. The number of nitrogens with one attached hydrogen (secondary N) is 1. The molecule has 0 saturated carbocycles. The van der Waals surface area contributed by atoms with Crippen molar-refractivity contribution in [2.75, 3.05) is 6.54 Å².